The molecule has 0 aliphatic heterocycles. The highest BCUT2D eigenvalue weighted by Crippen LogP contribution is 2.26. The van der Waals surface area contributed by atoms with Crippen molar-refractivity contribution in [1.82, 2.24) is 19.5 Å². The van der Waals surface area contributed by atoms with Crippen LogP contribution in [-0.4, -0.2) is 33.2 Å². The summed E-state index contributed by atoms with van der Waals surface area (Å²) in [6.45, 7) is -0.0670. The summed E-state index contributed by atoms with van der Waals surface area (Å²) in [4.78, 5) is 11.9. The first-order valence-electron chi connectivity index (χ1n) is 8.33. The van der Waals surface area contributed by atoms with E-state index in [0.29, 0.717) is 11.9 Å². The summed E-state index contributed by atoms with van der Waals surface area (Å²) in [5.74, 6) is -2.37. The fourth-order valence-electron chi connectivity index (χ4n) is 2.57. The van der Waals surface area contributed by atoms with Gasteiger partial charge in [-0.05, 0) is 6.07 Å². The lowest BCUT2D eigenvalue weighted by Gasteiger charge is -2.20. The lowest BCUT2D eigenvalue weighted by Crippen LogP contribution is -2.21. The zero-order valence-corrected chi connectivity index (χ0v) is 15.4. The average molecular weight is 403 g/mol. The molecule has 11 heteroatoms. The van der Waals surface area contributed by atoms with Crippen molar-refractivity contribution in [2.75, 3.05) is 24.4 Å². The van der Waals surface area contributed by atoms with E-state index in [-0.39, 0.29) is 29.5 Å². The number of rotatable bonds is 7. The Bertz CT molecular complexity index is 1060. The van der Waals surface area contributed by atoms with Gasteiger partial charge in [-0.2, -0.15) is 5.26 Å². The fourth-order valence-corrected chi connectivity index (χ4v) is 2.57. The summed E-state index contributed by atoms with van der Waals surface area (Å²) in [5, 5.41) is 14.9. The molecule has 3 aromatic heterocycles. The van der Waals surface area contributed by atoms with E-state index < -0.39 is 23.5 Å². The van der Waals surface area contributed by atoms with Gasteiger partial charge in [0, 0.05) is 26.4 Å². The Kier molecular flexibility index (Phi) is 5.94. The lowest BCUT2D eigenvalue weighted by atomic mass is 10.1. The minimum Gasteiger partial charge on any atom is -0.382 e. The maximum atomic E-state index is 14.3. The van der Waals surface area contributed by atoms with E-state index in [2.05, 4.69) is 25.6 Å². The van der Waals surface area contributed by atoms with Crippen LogP contribution in [0.15, 0.2) is 30.9 Å². The quantitative estimate of drug-likeness (QED) is 0.625. The second-order valence-electron chi connectivity index (χ2n) is 6.05. The summed E-state index contributed by atoms with van der Waals surface area (Å²) in [7, 11) is 3.13. The Morgan fingerprint density at radius 1 is 1.21 bits per heavy atom. The number of anilines is 3. The fraction of sp³-hybridized carbons (Fsp3) is 0.222. The number of halogens is 3. The number of ether oxygens (including phenoxy) is 1. The molecular weight excluding hydrogens is 387 g/mol. The van der Waals surface area contributed by atoms with Crippen LogP contribution in [0.25, 0.3) is 0 Å². The molecule has 0 bridgehead atoms. The first kappa shape index (κ1) is 20.1. The summed E-state index contributed by atoms with van der Waals surface area (Å²) >= 11 is 0. The van der Waals surface area contributed by atoms with Crippen molar-refractivity contribution in [2.45, 2.75) is 6.04 Å². The number of hydrogen-bond acceptors (Lipinski definition) is 7. The van der Waals surface area contributed by atoms with Crippen LogP contribution in [-0.2, 0) is 11.8 Å². The summed E-state index contributed by atoms with van der Waals surface area (Å²) in [6, 6.07) is 2.59. The number of aromatic nitrogens is 4. The Hall–Kier alpha value is -3.65. The van der Waals surface area contributed by atoms with E-state index in [1.807, 2.05) is 6.07 Å². The standard InChI is InChI=1S/C18H16F3N7O/c1-28-7-15(24-9-28)26-18-13(21)3-10(5-22)17(27-18)25-14(8-29-2)16-12(20)4-11(19)6-23-16/h3-4,6-7,9,14H,8H2,1-2H3,(H2,25,26,27)/t14-/m1/s1. The van der Waals surface area contributed by atoms with Gasteiger partial charge in [0.05, 0.1) is 30.7 Å². The van der Waals surface area contributed by atoms with Crippen molar-refractivity contribution in [3.8, 4) is 6.07 Å². The molecule has 0 saturated heterocycles. The average Bonchev–Trinajstić information content (AvgIpc) is 3.08. The Morgan fingerprint density at radius 2 is 2.00 bits per heavy atom. The normalized spacial score (nSPS) is 11.7. The van der Waals surface area contributed by atoms with Gasteiger partial charge in [-0.3, -0.25) is 4.98 Å². The monoisotopic (exact) mass is 403 g/mol. The second kappa shape index (κ2) is 8.57. The number of pyridine rings is 2. The molecule has 29 heavy (non-hydrogen) atoms. The molecule has 0 saturated carbocycles. The zero-order valence-electron chi connectivity index (χ0n) is 15.4. The van der Waals surface area contributed by atoms with E-state index in [9.17, 15) is 18.4 Å². The van der Waals surface area contributed by atoms with Crippen LogP contribution in [0.3, 0.4) is 0 Å². The van der Waals surface area contributed by atoms with Crippen molar-refractivity contribution >= 4 is 17.5 Å². The van der Waals surface area contributed by atoms with E-state index in [1.54, 1.807) is 17.8 Å². The van der Waals surface area contributed by atoms with Gasteiger partial charge in [0.2, 0.25) is 0 Å². The minimum absolute atomic E-state index is 0.0279. The maximum absolute atomic E-state index is 14.3. The molecule has 0 amide bonds. The molecule has 3 rings (SSSR count). The molecular formula is C18H16F3N7O. The third-order valence-corrected chi connectivity index (χ3v) is 3.86. The van der Waals surface area contributed by atoms with Gasteiger partial charge in [0.1, 0.15) is 35.0 Å². The number of aryl methyl sites for hydroxylation is 1. The highest BCUT2D eigenvalue weighted by Gasteiger charge is 2.22. The van der Waals surface area contributed by atoms with Crippen LogP contribution in [0.1, 0.15) is 17.3 Å². The summed E-state index contributed by atoms with van der Waals surface area (Å²) < 4.78 is 48.4. The Morgan fingerprint density at radius 3 is 2.62 bits per heavy atom. The molecule has 0 aliphatic rings. The van der Waals surface area contributed by atoms with Crippen LogP contribution in [0.5, 0.6) is 0 Å². The van der Waals surface area contributed by atoms with Crippen LogP contribution < -0.4 is 10.6 Å². The third-order valence-electron chi connectivity index (χ3n) is 3.86. The lowest BCUT2D eigenvalue weighted by molar-refractivity contribution is 0.183. The summed E-state index contributed by atoms with van der Waals surface area (Å²) in [6.07, 6.45) is 3.98. The number of nitrogens with zero attached hydrogens (tertiary/aromatic N) is 5. The van der Waals surface area contributed by atoms with Gasteiger partial charge in [-0.25, -0.2) is 23.1 Å². The molecule has 3 aromatic rings. The smallest absolute Gasteiger partial charge is 0.170 e. The van der Waals surface area contributed by atoms with Gasteiger partial charge in [0.15, 0.2) is 11.6 Å². The van der Waals surface area contributed by atoms with Crippen LogP contribution in [0, 0.1) is 28.8 Å². The minimum atomic E-state index is -0.909. The van der Waals surface area contributed by atoms with Crippen LogP contribution >= 0.6 is 0 Å². The third kappa shape index (κ3) is 4.61. The predicted molar refractivity (Wildman–Crippen MR) is 97.8 cm³/mol. The van der Waals surface area contributed by atoms with Crippen molar-refractivity contribution < 1.29 is 17.9 Å². The highest BCUT2D eigenvalue weighted by molar-refractivity contribution is 5.61. The number of hydrogen-bond donors (Lipinski definition) is 2. The molecule has 2 N–H and O–H groups in total. The molecule has 8 nitrogen and oxygen atoms in total. The van der Waals surface area contributed by atoms with Gasteiger partial charge in [-0.15, -0.1) is 0 Å². The molecule has 0 fully saturated rings. The topological polar surface area (TPSA) is 101 Å². The molecule has 0 spiro atoms. The molecule has 0 radical (unpaired) electrons. The van der Waals surface area contributed by atoms with E-state index in [4.69, 9.17) is 4.74 Å². The Balaban J connectivity index is 1.96. The molecule has 150 valence electrons. The van der Waals surface area contributed by atoms with Gasteiger partial charge in [0.25, 0.3) is 0 Å². The number of nitrogens with one attached hydrogen (secondary N) is 2. The van der Waals surface area contributed by atoms with Gasteiger partial charge >= 0.3 is 0 Å². The van der Waals surface area contributed by atoms with E-state index in [0.717, 1.165) is 12.3 Å². The Labute approximate surface area is 164 Å². The first-order valence-corrected chi connectivity index (χ1v) is 8.33. The first-order chi connectivity index (χ1) is 13.9. The van der Waals surface area contributed by atoms with Crippen LogP contribution in [0.4, 0.5) is 30.6 Å². The summed E-state index contributed by atoms with van der Waals surface area (Å²) in [5.41, 5.74) is -0.250. The van der Waals surface area contributed by atoms with Crippen molar-refractivity contribution in [3.05, 3.63) is 59.6 Å². The molecule has 3 heterocycles. The SMILES string of the molecule is COC[C@@H](Nc1nc(Nc2cn(C)cn2)c(F)cc1C#N)c1ncc(F)cc1F. The maximum Gasteiger partial charge on any atom is 0.170 e. The highest BCUT2D eigenvalue weighted by atomic mass is 19.1. The van der Waals surface area contributed by atoms with Crippen LogP contribution in [0.2, 0.25) is 0 Å². The van der Waals surface area contributed by atoms with Gasteiger partial charge < -0.3 is 19.9 Å². The molecule has 0 aromatic carbocycles. The van der Waals surface area contributed by atoms with Crippen molar-refractivity contribution in [2.24, 2.45) is 7.05 Å². The van der Waals surface area contributed by atoms with E-state index in [1.165, 1.54) is 13.4 Å². The van der Waals surface area contributed by atoms with Gasteiger partial charge in [-0.1, -0.05) is 0 Å². The van der Waals surface area contributed by atoms with Crippen molar-refractivity contribution in [1.29, 1.82) is 5.26 Å². The largest absolute Gasteiger partial charge is 0.382 e. The number of nitriles is 1. The predicted octanol–water partition coefficient (Wildman–Crippen LogP) is 3.04. The van der Waals surface area contributed by atoms with Crippen molar-refractivity contribution in [3.63, 3.8) is 0 Å². The zero-order chi connectivity index (χ0) is 21.0. The molecule has 1 atom stereocenters. The molecule has 0 aliphatic carbocycles. The second-order valence-corrected chi connectivity index (χ2v) is 6.05. The number of methoxy groups -OCH3 is 1. The molecule has 0 unspecified atom stereocenters. The van der Waals surface area contributed by atoms with E-state index >= 15 is 0 Å². The number of imidazole rings is 1.